The first kappa shape index (κ1) is 17.7. The molecule has 1 saturated heterocycles. The molecule has 2 aliphatic rings. The molecule has 1 aliphatic heterocycles. The lowest BCUT2D eigenvalue weighted by atomic mass is 10.1. The van der Waals surface area contributed by atoms with E-state index < -0.39 is 5.97 Å². The number of carbonyl (C=O) groups excluding carboxylic acids is 1. The predicted molar refractivity (Wildman–Crippen MR) is 102 cm³/mol. The van der Waals surface area contributed by atoms with Gasteiger partial charge >= 0.3 is 5.97 Å². The molecule has 4 rings (SSSR count). The van der Waals surface area contributed by atoms with Crippen molar-refractivity contribution in [3.8, 4) is 0 Å². The van der Waals surface area contributed by atoms with Crippen molar-refractivity contribution in [1.82, 2.24) is 9.97 Å². The van der Waals surface area contributed by atoms with Gasteiger partial charge in [0.15, 0.2) is 6.29 Å². The summed E-state index contributed by atoms with van der Waals surface area (Å²) in [5.74, 6) is -0.251. The molecule has 140 valence electrons. The van der Waals surface area contributed by atoms with E-state index in [0.717, 1.165) is 25.1 Å². The van der Waals surface area contributed by atoms with E-state index in [1.807, 2.05) is 0 Å². The van der Waals surface area contributed by atoms with Crippen LogP contribution >= 0.6 is 11.6 Å². The lowest BCUT2D eigenvalue weighted by Gasteiger charge is -2.18. The highest BCUT2D eigenvalue weighted by atomic mass is 35.5. The number of carbonyl (C=O) groups is 2. The summed E-state index contributed by atoms with van der Waals surface area (Å²) in [4.78, 5) is 33.2. The van der Waals surface area contributed by atoms with Crippen LogP contribution in [0.2, 0.25) is 5.02 Å². The van der Waals surface area contributed by atoms with Gasteiger partial charge in [0.2, 0.25) is 5.95 Å². The molecular formula is C19H19ClN4O3. The summed E-state index contributed by atoms with van der Waals surface area (Å²) in [5.41, 5.74) is 1.69. The van der Waals surface area contributed by atoms with Crippen molar-refractivity contribution >= 4 is 35.6 Å². The van der Waals surface area contributed by atoms with Gasteiger partial charge in [0, 0.05) is 31.4 Å². The zero-order valence-electron chi connectivity index (χ0n) is 14.6. The van der Waals surface area contributed by atoms with Crippen LogP contribution in [0.4, 0.5) is 11.8 Å². The Kier molecular flexibility index (Phi) is 4.47. The van der Waals surface area contributed by atoms with Crippen molar-refractivity contribution in [1.29, 1.82) is 0 Å². The maximum atomic E-state index is 11.5. The van der Waals surface area contributed by atoms with Gasteiger partial charge < -0.3 is 15.3 Å². The average molecular weight is 387 g/mol. The fourth-order valence-corrected chi connectivity index (χ4v) is 3.72. The number of anilines is 2. The van der Waals surface area contributed by atoms with E-state index in [1.54, 1.807) is 18.2 Å². The van der Waals surface area contributed by atoms with Crippen molar-refractivity contribution in [3.05, 3.63) is 46.1 Å². The van der Waals surface area contributed by atoms with Crippen molar-refractivity contribution in [2.24, 2.45) is 5.41 Å². The molecule has 2 heterocycles. The van der Waals surface area contributed by atoms with Crippen molar-refractivity contribution < 1.29 is 14.7 Å². The van der Waals surface area contributed by atoms with Crippen LogP contribution in [0.3, 0.4) is 0 Å². The molecule has 0 radical (unpaired) electrons. The van der Waals surface area contributed by atoms with E-state index in [2.05, 4.69) is 20.2 Å². The first-order valence-corrected chi connectivity index (χ1v) is 9.20. The third kappa shape index (κ3) is 3.60. The van der Waals surface area contributed by atoms with Gasteiger partial charge in [0.1, 0.15) is 11.4 Å². The van der Waals surface area contributed by atoms with Crippen LogP contribution in [-0.4, -0.2) is 40.4 Å². The van der Waals surface area contributed by atoms with Gasteiger partial charge in [-0.15, -0.1) is 0 Å². The third-order valence-corrected chi connectivity index (χ3v) is 5.66. The number of aldehydes is 1. The van der Waals surface area contributed by atoms with E-state index in [0.29, 0.717) is 34.8 Å². The molecule has 2 aromatic rings. The first-order valence-electron chi connectivity index (χ1n) is 8.82. The quantitative estimate of drug-likeness (QED) is 0.735. The number of hydrogen-bond acceptors (Lipinski definition) is 6. The fraction of sp³-hybridized carbons (Fsp3) is 0.368. The minimum atomic E-state index is -1.08. The normalized spacial score (nSPS) is 17.1. The second kappa shape index (κ2) is 6.81. The van der Waals surface area contributed by atoms with E-state index in [1.165, 1.54) is 19.0 Å². The number of aromatic carboxylic acids is 1. The Balaban J connectivity index is 1.54. The maximum Gasteiger partial charge on any atom is 0.341 e. The van der Waals surface area contributed by atoms with Crippen LogP contribution in [-0.2, 0) is 6.54 Å². The van der Waals surface area contributed by atoms with E-state index >= 15 is 0 Å². The highest BCUT2D eigenvalue weighted by molar-refractivity contribution is 6.33. The van der Waals surface area contributed by atoms with Crippen LogP contribution in [0.25, 0.3) is 0 Å². The summed E-state index contributed by atoms with van der Waals surface area (Å²) >= 11 is 6.05. The minimum absolute atomic E-state index is 0.0229. The zero-order chi connectivity index (χ0) is 19.0. The van der Waals surface area contributed by atoms with Crippen LogP contribution in [0.5, 0.6) is 0 Å². The van der Waals surface area contributed by atoms with E-state index in [4.69, 9.17) is 11.6 Å². The number of nitrogens with zero attached hydrogens (tertiary/aromatic N) is 3. The third-order valence-electron chi connectivity index (χ3n) is 5.34. The number of carboxylic acids is 1. The molecule has 1 aromatic carbocycles. The SMILES string of the molecule is O=Cc1ccc(CNc2nc(N3CCC4(CC4)C3)ncc2C(=O)O)cc1Cl. The Morgan fingerprint density at radius 1 is 1.37 bits per heavy atom. The van der Waals surface area contributed by atoms with Gasteiger partial charge in [0.05, 0.1) is 5.02 Å². The van der Waals surface area contributed by atoms with Crippen LogP contribution in [0.1, 0.15) is 45.5 Å². The van der Waals surface area contributed by atoms with Crippen molar-refractivity contribution in [2.75, 3.05) is 23.3 Å². The highest BCUT2D eigenvalue weighted by Crippen LogP contribution is 2.53. The fourth-order valence-electron chi connectivity index (χ4n) is 3.47. The Labute approximate surface area is 161 Å². The minimum Gasteiger partial charge on any atom is -0.477 e. The second-order valence-electron chi connectivity index (χ2n) is 7.24. The molecule has 2 N–H and O–H groups in total. The molecule has 0 amide bonds. The largest absolute Gasteiger partial charge is 0.477 e. The molecule has 1 spiro atoms. The Morgan fingerprint density at radius 2 is 2.19 bits per heavy atom. The first-order chi connectivity index (χ1) is 13.0. The van der Waals surface area contributed by atoms with Gasteiger partial charge in [-0.25, -0.2) is 9.78 Å². The molecule has 1 aromatic heterocycles. The second-order valence-corrected chi connectivity index (χ2v) is 7.64. The van der Waals surface area contributed by atoms with Crippen molar-refractivity contribution in [3.63, 3.8) is 0 Å². The number of aromatic nitrogens is 2. The van der Waals surface area contributed by atoms with Gasteiger partial charge in [-0.1, -0.05) is 17.7 Å². The number of hydrogen-bond donors (Lipinski definition) is 2. The summed E-state index contributed by atoms with van der Waals surface area (Å²) in [6.07, 6.45) is 5.69. The molecule has 2 fully saturated rings. The number of carboxylic acid groups (broad SMARTS) is 1. The number of nitrogens with one attached hydrogen (secondary N) is 1. The standard InChI is InChI=1S/C19H19ClN4O3/c20-15-7-12(1-2-13(15)10-25)8-21-16-14(17(26)27)9-22-18(23-16)24-6-5-19(11-24)3-4-19/h1-2,7,9-10H,3-6,8,11H2,(H,26,27)(H,21,22,23). The number of halogens is 1. The Hall–Kier alpha value is -2.67. The summed E-state index contributed by atoms with van der Waals surface area (Å²) in [5, 5.41) is 12.9. The van der Waals surface area contributed by atoms with Crippen LogP contribution < -0.4 is 10.2 Å². The summed E-state index contributed by atoms with van der Waals surface area (Å²) in [6.45, 7) is 2.16. The van der Waals surface area contributed by atoms with Gasteiger partial charge in [0.25, 0.3) is 0 Å². The molecule has 0 atom stereocenters. The van der Waals surface area contributed by atoms with E-state index in [9.17, 15) is 14.7 Å². The number of benzene rings is 1. The molecule has 1 saturated carbocycles. The summed E-state index contributed by atoms with van der Waals surface area (Å²) in [6, 6.07) is 5.08. The zero-order valence-corrected chi connectivity index (χ0v) is 15.4. The Morgan fingerprint density at radius 3 is 2.81 bits per heavy atom. The topological polar surface area (TPSA) is 95.4 Å². The molecular weight excluding hydrogens is 368 g/mol. The monoisotopic (exact) mass is 386 g/mol. The van der Waals surface area contributed by atoms with Crippen LogP contribution in [0, 0.1) is 5.41 Å². The summed E-state index contributed by atoms with van der Waals surface area (Å²) in [7, 11) is 0. The summed E-state index contributed by atoms with van der Waals surface area (Å²) < 4.78 is 0. The lowest BCUT2D eigenvalue weighted by Crippen LogP contribution is -2.23. The number of rotatable bonds is 6. The molecule has 7 nitrogen and oxygen atoms in total. The lowest BCUT2D eigenvalue weighted by molar-refractivity contribution is 0.0697. The van der Waals surface area contributed by atoms with E-state index in [-0.39, 0.29) is 11.4 Å². The molecule has 27 heavy (non-hydrogen) atoms. The Bertz CT molecular complexity index is 914. The maximum absolute atomic E-state index is 11.5. The molecule has 8 heteroatoms. The van der Waals surface area contributed by atoms with Gasteiger partial charge in [-0.3, -0.25) is 4.79 Å². The molecule has 1 aliphatic carbocycles. The average Bonchev–Trinajstić information content (AvgIpc) is 3.28. The highest BCUT2D eigenvalue weighted by Gasteiger charge is 2.48. The van der Waals surface area contributed by atoms with Gasteiger partial charge in [-0.2, -0.15) is 4.98 Å². The van der Waals surface area contributed by atoms with Gasteiger partial charge in [-0.05, 0) is 42.4 Å². The smallest absolute Gasteiger partial charge is 0.341 e. The molecule has 0 bridgehead atoms. The van der Waals surface area contributed by atoms with Crippen LogP contribution in [0.15, 0.2) is 24.4 Å². The predicted octanol–water partition coefficient (Wildman–Crippen LogP) is 3.24. The van der Waals surface area contributed by atoms with Crippen molar-refractivity contribution in [2.45, 2.75) is 25.8 Å². The molecule has 0 unspecified atom stereocenters.